The molecule has 1 fully saturated rings. The van der Waals surface area contributed by atoms with Gasteiger partial charge in [0.05, 0.1) is 0 Å². The molecule has 0 unspecified atom stereocenters. The maximum Gasteiger partial charge on any atom is 0.270 e. The van der Waals surface area contributed by atoms with E-state index in [1.54, 1.807) is 28.4 Å². The summed E-state index contributed by atoms with van der Waals surface area (Å²) in [6.07, 6.45) is 3.80. The fourth-order valence-corrected chi connectivity index (χ4v) is 3.49. The maximum atomic E-state index is 12.8. The maximum absolute atomic E-state index is 12.8. The van der Waals surface area contributed by atoms with Crippen molar-refractivity contribution in [3.05, 3.63) is 63.0 Å². The van der Waals surface area contributed by atoms with Gasteiger partial charge < -0.3 is 10.2 Å². The molecular weight excluding hydrogens is 332 g/mol. The van der Waals surface area contributed by atoms with E-state index in [1.807, 2.05) is 43.5 Å². The van der Waals surface area contributed by atoms with Crippen LogP contribution in [0.1, 0.15) is 39.2 Å². The minimum Gasteiger partial charge on any atom is -0.337 e. The highest BCUT2D eigenvalue weighted by molar-refractivity contribution is 7.10. The van der Waals surface area contributed by atoms with Crippen molar-refractivity contribution in [2.24, 2.45) is 0 Å². The average Bonchev–Trinajstić information content (AvgIpc) is 3.29. The van der Waals surface area contributed by atoms with Gasteiger partial charge >= 0.3 is 0 Å². The average molecular weight is 354 g/mol. The summed E-state index contributed by atoms with van der Waals surface area (Å²) in [6, 6.07) is 9.44. The number of hydrogen-bond donors (Lipinski definition) is 1. The van der Waals surface area contributed by atoms with Gasteiger partial charge in [0, 0.05) is 23.5 Å². The van der Waals surface area contributed by atoms with Crippen LogP contribution in [0.25, 0.3) is 6.08 Å². The Morgan fingerprint density at radius 1 is 1.12 bits per heavy atom. The monoisotopic (exact) mass is 354 g/mol. The van der Waals surface area contributed by atoms with E-state index in [0.29, 0.717) is 11.3 Å². The Labute approximate surface area is 152 Å². The van der Waals surface area contributed by atoms with Crippen molar-refractivity contribution < 1.29 is 9.59 Å². The topological polar surface area (TPSA) is 49.4 Å². The number of hydrogen-bond acceptors (Lipinski definition) is 3. The molecule has 1 N–H and O–H groups in total. The minimum atomic E-state index is -0.251. The molecule has 25 heavy (non-hydrogen) atoms. The van der Waals surface area contributed by atoms with Crippen molar-refractivity contribution in [3.8, 4) is 0 Å². The highest BCUT2D eigenvalue weighted by atomic mass is 32.1. The second kappa shape index (κ2) is 7.66. The van der Waals surface area contributed by atoms with Crippen LogP contribution >= 0.6 is 11.3 Å². The lowest BCUT2D eigenvalue weighted by molar-refractivity contribution is -0.126. The van der Waals surface area contributed by atoms with E-state index in [9.17, 15) is 9.59 Å². The van der Waals surface area contributed by atoms with E-state index in [-0.39, 0.29) is 11.8 Å². The van der Waals surface area contributed by atoms with E-state index in [4.69, 9.17) is 0 Å². The van der Waals surface area contributed by atoms with Crippen molar-refractivity contribution in [1.29, 1.82) is 0 Å². The number of nitrogens with zero attached hydrogens (tertiary/aromatic N) is 1. The van der Waals surface area contributed by atoms with Crippen LogP contribution in [0.2, 0.25) is 0 Å². The van der Waals surface area contributed by atoms with Crippen molar-refractivity contribution >= 4 is 29.2 Å². The van der Waals surface area contributed by atoms with E-state index < -0.39 is 0 Å². The van der Waals surface area contributed by atoms with Crippen molar-refractivity contribution in [2.45, 2.75) is 26.7 Å². The summed E-state index contributed by atoms with van der Waals surface area (Å²) in [5, 5.41) is 4.79. The molecule has 1 saturated heterocycles. The molecule has 0 atom stereocenters. The number of thiophene rings is 1. The van der Waals surface area contributed by atoms with Gasteiger partial charge in [-0.3, -0.25) is 9.59 Å². The second-order valence-corrected chi connectivity index (χ2v) is 7.31. The summed E-state index contributed by atoms with van der Waals surface area (Å²) in [4.78, 5) is 28.2. The molecule has 3 rings (SSSR count). The quantitative estimate of drug-likeness (QED) is 0.850. The normalized spacial score (nSPS) is 14.6. The summed E-state index contributed by atoms with van der Waals surface area (Å²) < 4.78 is 0. The first-order chi connectivity index (χ1) is 12.0. The van der Waals surface area contributed by atoms with Crippen LogP contribution in [0.3, 0.4) is 0 Å². The number of likely N-dealkylation sites (tertiary alicyclic amines) is 1. The Hall–Kier alpha value is -2.40. The minimum absolute atomic E-state index is 0.108. The van der Waals surface area contributed by atoms with Gasteiger partial charge in [0.25, 0.3) is 11.8 Å². The molecular formula is C20H22N2O2S. The van der Waals surface area contributed by atoms with Gasteiger partial charge in [-0.1, -0.05) is 12.1 Å². The van der Waals surface area contributed by atoms with Gasteiger partial charge in [0.2, 0.25) is 0 Å². The molecule has 4 nitrogen and oxygen atoms in total. The molecule has 1 aromatic heterocycles. The molecule has 0 saturated carbocycles. The molecule has 2 aromatic rings. The first kappa shape index (κ1) is 17.4. The number of nitrogens with one attached hydrogen (secondary N) is 1. The molecule has 5 heteroatoms. The van der Waals surface area contributed by atoms with Crippen molar-refractivity contribution in [2.75, 3.05) is 13.1 Å². The second-order valence-electron chi connectivity index (χ2n) is 6.33. The fourth-order valence-electron chi connectivity index (χ4n) is 2.83. The van der Waals surface area contributed by atoms with Crippen LogP contribution in [0, 0.1) is 13.8 Å². The Kier molecular flexibility index (Phi) is 5.34. The molecule has 0 radical (unpaired) electrons. The third-order valence-electron chi connectivity index (χ3n) is 4.47. The zero-order chi connectivity index (χ0) is 17.8. The Morgan fingerprint density at radius 3 is 2.52 bits per heavy atom. The summed E-state index contributed by atoms with van der Waals surface area (Å²) >= 11 is 1.54. The van der Waals surface area contributed by atoms with Crippen LogP contribution < -0.4 is 5.32 Å². The third-order valence-corrected chi connectivity index (χ3v) is 5.29. The van der Waals surface area contributed by atoms with E-state index in [2.05, 4.69) is 5.32 Å². The first-order valence-electron chi connectivity index (χ1n) is 8.47. The summed E-state index contributed by atoms with van der Waals surface area (Å²) in [6.45, 7) is 5.49. The Bertz CT molecular complexity index is 803. The number of carbonyl (C=O) groups excluding carboxylic acids is 2. The van der Waals surface area contributed by atoms with Gasteiger partial charge in [-0.05, 0) is 67.5 Å². The highest BCUT2D eigenvalue weighted by Gasteiger charge is 2.23. The Morgan fingerprint density at radius 2 is 1.88 bits per heavy atom. The number of aryl methyl sites for hydroxylation is 2. The molecule has 0 spiro atoms. The highest BCUT2D eigenvalue weighted by Crippen LogP contribution is 2.17. The molecule has 0 bridgehead atoms. The van der Waals surface area contributed by atoms with Crippen LogP contribution in [-0.4, -0.2) is 29.8 Å². The van der Waals surface area contributed by atoms with Gasteiger partial charge in [-0.2, -0.15) is 0 Å². The lowest BCUT2D eigenvalue weighted by Crippen LogP contribution is -2.36. The standard InChI is InChI=1S/C20H22N2O2S/c1-14-7-8-16(12-15(14)2)19(23)21-18(13-17-6-5-11-25-17)20(24)22-9-3-4-10-22/h5-8,11-13H,3-4,9-10H2,1-2H3,(H,21,23). The third kappa shape index (κ3) is 4.17. The van der Waals surface area contributed by atoms with Crippen LogP contribution in [0.15, 0.2) is 41.4 Å². The lowest BCUT2D eigenvalue weighted by Gasteiger charge is -2.18. The molecule has 1 aliphatic heterocycles. The lowest BCUT2D eigenvalue weighted by atomic mass is 10.1. The molecule has 1 aromatic carbocycles. The summed E-state index contributed by atoms with van der Waals surface area (Å²) in [5.74, 6) is -0.360. The zero-order valence-corrected chi connectivity index (χ0v) is 15.4. The number of carbonyl (C=O) groups is 2. The summed E-state index contributed by atoms with van der Waals surface area (Å²) in [7, 11) is 0. The smallest absolute Gasteiger partial charge is 0.270 e. The van der Waals surface area contributed by atoms with E-state index >= 15 is 0 Å². The van der Waals surface area contributed by atoms with E-state index in [0.717, 1.165) is 41.9 Å². The van der Waals surface area contributed by atoms with Crippen molar-refractivity contribution in [1.82, 2.24) is 10.2 Å². The molecule has 2 amide bonds. The van der Waals surface area contributed by atoms with Gasteiger partial charge in [-0.15, -0.1) is 11.3 Å². The molecule has 0 aliphatic carbocycles. The SMILES string of the molecule is Cc1ccc(C(=O)NC(=Cc2cccs2)C(=O)N2CCCC2)cc1C. The zero-order valence-electron chi connectivity index (χ0n) is 14.5. The van der Waals surface area contributed by atoms with Gasteiger partial charge in [0.15, 0.2) is 0 Å². The predicted octanol–water partition coefficient (Wildman–Crippen LogP) is 3.76. The molecule has 2 heterocycles. The first-order valence-corrected chi connectivity index (χ1v) is 9.35. The predicted molar refractivity (Wildman–Crippen MR) is 101 cm³/mol. The molecule has 1 aliphatic rings. The largest absolute Gasteiger partial charge is 0.337 e. The van der Waals surface area contributed by atoms with Crippen molar-refractivity contribution in [3.63, 3.8) is 0 Å². The Balaban J connectivity index is 1.85. The number of benzene rings is 1. The fraction of sp³-hybridized carbons (Fsp3) is 0.300. The van der Waals surface area contributed by atoms with E-state index in [1.165, 1.54) is 0 Å². The summed E-state index contributed by atoms with van der Waals surface area (Å²) in [5.41, 5.74) is 3.10. The number of rotatable bonds is 4. The number of amides is 2. The van der Waals surface area contributed by atoms with Crippen LogP contribution in [0.5, 0.6) is 0 Å². The van der Waals surface area contributed by atoms with Crippen LogP contribution in [-0.2, 0) is 4.79 Å². The van der Waals surface area contributed by atoms with Gasteiger partial charge in [-0.25, -0.2) is 0 Å². The van der Waals surface area contributed by atoms with Crippen LogP contribution in [0.4, 0.5) is 0 Å². The molecule has 130 valence electrons. The van der Waals surface area contributed by atoms with Gasteiger partial charge in [0.1, 0.15) is 5.70 Å².